The van der Waals surface area contributed by atoms with Crippen molar-refractivity contribution in [1.82, 2.24) is 4.98 Å². The summed E-state index contributed by atoms with van der Waals surface area (Å²) < 4.78 is 5.71. The van der Waals surface area contributed by atoms with Gasteiger partial charge in [-0.15, -0.1) is 11.6 Å². The molecular weight excluding hydrogens is 272 g/mol. The van der Waals surface area contributed by atoms with Crippen LogP contribution in [0.3, 0.4) is 0 Å². The summed E-state index contributed by atoms with van der Waals surface area (Å²) in [6, 6.07) is 4.23. The SMILES string of the molecule is CC1CN(c2cc(CCl)cc(C(C)(C)C)n2)CCCO1. The third-order valence-corrected chi connectivity index (χ3v) is 3.88. The van der Waals surface area contributed by atoms with E-state index in [9.17, 15) is 0 Å². The lowest BCUT2D eigenvalue weighted by Gasteiger charge is -2.26. The van der Waals surface area contributed by atoms with Gasteiger partial charge in [0.25, 0.3) is 0 Å². The predicted molar refractivity (Wildman–Crippen MR) is 84.7 cm³/mol. The zero-order chi connectivity index (χ0) is 14.8. The van der Waals surface area contributed by atoms with Crippen LogP contribution in [-0.4, -0.2) is 30.8 Å². The fourth-order valence-electron chi connectivity index (χ4n) is 2.40. The second kappa shape index (κ2) is 6.31. The van der Waals surface area contributed by atoms with Gasteiger partial charge in [-0.05, 0) is 31.0 Å². The van der Waals surface area contributed by atoms with E-state index in [1.54, 1.807) is 0 Å². The maximum Gasteiger partial charge on any atom is 0.129 e. The van der Waals surface area contributed by atoms with Crippen molar-refractivity contribution >= 4 is 17.4 Å². The summed E-state index contributed by atoms with van der Waals surface area (Å²) in [6.45, 7) is 11.4. The quantitative estimate of drug-likeness (QED) is 0.778. The lowest BCUT2D eigenvalue weighted by Crippen LogP contribution is -2.31. The molecule has 0 spiro atoms. The van der Waals surface area contributed by atoms with Crippen molar-refractivity contribution in [1.29, 1.82) is 0 Å². The van der Waals surface area contributed by atoms with Crippen LogP contribution in [0.2, 0.25) is 0 Å². The predicted octanol–water partition coefficient (Wildman–Crippen LogP) is 3.73. The average molecular weight is 297 g/mol. The minimum atomic E-state index is 0.0325. The van der Waals surface area contributed by atoms with E-state index in [1.807, 2.05) is 0 Å². The topological polar surface area (TPSA) is 25.4 Å². The molecule has 0 radical (unpaired) electrons. The smallest absolute Gasteiger partial charge is 0.129 e. The van der Waals surface area contributed by atoms with Crippen molar-refractivity contribution < 1.29 is 4.74 Å². The van der Waals surface area contributed by atoms with Crippen LogP contribution < -0.4 is 4.90 Å². The van der Waals surface area contributed by atoms with Gasteiger partial charge in [-0.25, -0.2) is 4.98 Å². The highest BCUT2D eigenvalue weighted by atomic mass is 35.5. The summed E-state index contributed by atoms with van der Waals surface area (Å²) in [5, 5.41) is 0. The molecule has 2 heterocycles. The Morgan fingerprint density at radius 3 is 2.80 bits per heavy atom. The maximum absolute atomic E-state index is 6.05. The minimum Gasteiger partial charge on any atom is -0.377 e. The summed E-state index contributed by atoms with van der Waals surface area (Å²) in [4.78, 5) is 7.19. The zero-order valence-electron chi connectivity index (χ0n) is 12.9. The molecule has 0 aliphatic carbocycles. The van der Waals surface area contributed by atoms with Gasteiger partial charge in [-0.3, -0.25) is 0 Å². The van der Waals surface area contributed by atoms with Crippen LogP contribution in [0.4, 0.5) is 5.82 Å². The van der Waals surface area contributed by atoms with Crippen LogP contribution in [0.5, 0.6) is 0 Å². The third-order valence-electron chi connectivity index (χ3n) is 3.57. The van der Waals surface area contributed by atoms with Crippen molar-refractivity contribution in [3.05, 3.63) is 23.4 Å². The molecule has 1 fully saturated rings. The van der Waals surface area contributed by atoms with E-state index in [4.69, 9.17) is 21.3 Å². The average Bonchev–Trinajstić information content (AvgIpc) is 2.62. The summed E-state index contributed by atoms with van der Waals surface area (Å²) in [6.07, 6.45) is 1.29. The number of ether oxygens (including phenoxy) is 1. The molecule has 1 aliphatic heterocycles. The molecule has 3 nitrogen and oxygen atoms in total. The highest BCUT2D eigenvalue weighted by Crippen LogP contribution is 2.26. The second-order valence-electron chi connectivity index (χ2n) is 6.58. The van der Waals surface area contributed by atoms with Crippen LogP contribution in [0.15, 0.2) is 12.1 Å². The van der Waals surface area contributed by atoms with E-state index in [0.29, 0.717) is 5.88 Å². The molecule has 0 N–H and O–H groups in total. The van der Waals surface area contributed by atoms with E-state index in [1.165, 1.54) is 0 Å². The van der Waals surface area contributed by atoms with Crippen LogP contribution in [-0.2, 0) is 16.0 Å². The van der Waals surface area contributed by atoms with Gasteiger partial charge in [0.1, 0.15) is 5.82 Å². The lowest BCUT2D eigenvalue weighted by molar-refractivity contribution is 0.0820. The first-order valence-electron chi connectivity index (χ1n) is 7.34. The normalized spacial score (nSPS) is 20.9. The van der Waals surface area contributed by atoms with E-state index in [-0.39, 0.29) is 11.5 Å². The number of aromatic nitrogens is 1. The largest absolute Gasteiger partial charge is 0.377 e. The summed E-state index contributed by atoms with van der Waals surface area (Å²) in [7, 11) is 0. The number of hydrogen-bond acceptors (Lipinski definition) is 3. The Morgan fingerprint density at radius 2 is 2.15 bits per heavy atom. The maximum atomic E-state index is 6.05. The van der Waals surface area contributed by atoms with Gasteiger partial charge in [0.2, 0.25) is 0 Å². The van der Waals surface area contributed by atoms with E-state index in [2.05, 4.69) is 44.7 Å². The molecule has 1 atom stereocenters. The van der Waals surface area contributed by atoms with Crippen molar-refractivity contribution in [2.75, 3.05) is 24.6 Å². The first kappa shape index (κ1) is 15.6. The second-order valence-corrected chi connectivity index (χ2v) is 6.85. The molecule has 1 aliphatic rings. The van der Waals surface area contributed by atoms with Gasteiger partial charge in [0.15, 0.2) is 0 Å². The molecular formula is C16H25ClN2O. The van der Waals surface area contributed by atoms with Crippen LogP contribution in [0.1, 0.15) is 45.4 Å². The number of anilines is 1. The van der Waals surface area contributed by atoms with Crippen molar-refractivity contribution in [2.24, 2.45) is 0 Å². The number of alkyl halides is 1. The third kappa shape index (κ3) is 3.86. The van der Waals surface area contributed by atoms with Crippen LogP contribution in [0.25, 0.3) is 0 Å². The Kier molecular flexibility index (Phi) is 4.92. The van der Waals surface area contributed by atoms with E-state index in [0.717, 1.165) is 43.2 Å². The molecule has 0 saturated carbocycles. The van der Waals surface area contributed by atoms with Crippen LogP contribution >= 0.6 is 11.6 Å². The molecule has 1 saturated heterocycles. The molecule has 4 heteroatoms. The van der Waals surface area contributed by atoms with Gasteiger partial charge < -0.3 is 9.64 Å². The highest BCUT2D eigenvalue weighted by molar-refractivity contribution is 6.17. The summed E-state index contributed by atoms with van der Waals surface area (Å²) in [5.41, 5.74) is 2.27. The lowest BCUT2D eigenvalue weighted by atomic mass is 9.91. The van der Waals surface area contributed by atoms with Gasteiger partial charge in [0.05, 0.1) is 6.10 Å². The number of rotatable bonds is 2. The van der Waals surface area contributed by atoms with Gasteiger partial charge in [0, 0.05) is 36.7 Å². The first-order valence-corrected chi connectivity index (χ1v) is 7.87. The Hall–Kier alpha value is -0.800. The number of hydrogen-bond donors (Lipinski definition) is 0. The first-order chi connectivity index (χ1) is 9.40. The number of pyridine rings is 1. The highest BCUT2D eigenvalue weighted by Gasteiger charge is 2.21. The molecule has 20 heavy (non-hydrogen) atoms. The van der Waals surface area contributed by atoms with Gasteiger partial charge in [-0.1, -0.05) is 20.8 Å². The van der Waals surface area contributed by atoms with Gasteiger partial charge in [-0.2, -0.15) is 0 Å². The van der Waals surface area contributed by atoms with Crippen molar-refractivity contribution in [3.8, 4) is 0 Å². The van der Waals surface area contributed by atoms with Crippen molar-refractivity contribution in [3.63, 3.8) is 0 Å². The molecule has 1 aromatic heterocycles. The van der Waals surface area contributed by atoms with E-state index < -0.39 is 0 Å². The number of halogens is 1. The van der Waals surface area contributed by atoms with E-state index >= 15 is 0 Å². The summed E-state index contributed by atoms with van der Waals surface area (Å²) >= 11 is 6.05. The standard InChI is InChI=1S/C16H25ClN2O/c1-12-11-19(6-5-7-20-12)15-9-13(10-17)8-14(18-15)16(2,3)4/h8-9,12H,5-7,10-11H2,1-4H3. The van der Waals surface area contributed by atoms with Crippen LogP contribution in [0, 0.1) is 0 Å². The van der Waals surface area contributed by atoms with Crippen molar-refractivity contribution in [2.45, 2.75) is 51.5 Å². The monoisotopic (exact) mass is 296 g/mol. The summed E-state index contributed by atoms with van der Waals surface area (Å²) in [5.74, 6) is 1.56. The molecule has 1 aromatic rings. The molecule has 0 amide bonds. The Balaban J connectivity index is 2.34. The number of nitrogens with zero attached hydrogens (tertiary/aromatic N) is 2. The molecule has 2 rings (SSSR count). The fraction of sp³-hybridized carbons (Fsp3) is 0.688. The Labute approximate surface area is 127 Å². The molecule has 112 valence electrons. The Bertz CT molecular complexity index is 456. The fourth-order valence-corrected chi connectivity index (χ4v) is 2.55. The Morgan fingerprint density at radius 1 is 1.40 bits per heavy atom. The molecule has 0 aromatic carbocycles. The minimum absolute atomic E-state index is 0.0325. The zero-order valence-corrected chi connectivity index (χ0v) is 13.7. The molecule has 1 unspecified atom stereocenters. The van der Waals surface area contributed by atoms with Gasteiger partial charge >= 0.3 is 0 Å². The molecule has 0 bridgehead atoms.